The minimum absolute atomic E-state index is 0.573. The van der Waals surface area contributed by atoms with E-state index in [9.17, 15) is 0 Å². The van der Waals surface area contributed by atoms with Crippen molar-refractivity contribution in [2.75, 3.05) is 0 Å². The van der Waals surface area contributed by atoms with Crippen LogP contribution in [0, 0.1) is 6.92 Å². The van der Waals surface area contributed by atoms with Crippen LogP contribution >= 0.6 is 0 Å². The highest BCUT2D eigenvalue weighted by Crippen LogP contribution is 2.12. The van der Waals surface area contributed by atoms with Gasteiger partial charge >= 0.3 is 0 Å². The fourth-order valence-electron chi connectivity index (χ4n) is 1.35. The molecular weight excluding hydrogens is 186 g/mol. The molecule has 0 aliphatic rings. The Labute approximate surface area is 89.6 Å². The van der Waals surface area contributed by atoms with Gasteiger partial charge in [0.25, 0.3) is 0 Å². The van der Waals surface area contributed by atoms with Crippen molar-refractivity contribution < 1.29 is 4.74 Å². The number of nitrogens with zero attached hydrogens (tertiary/aromatic N) is 1. The highest BCUT2D eigenvalue weighted by Gasteiger charge is 1.98. The summed E-state index contributed by atoms with van der Waals surface area (Å²) in [5, 5.41) is 0. The van der Waals surface area contributed by atoms with Gasteiger partial charge in [-0.25, -0.2) is 0 Å². The van der Waals surface area contributed by atoms with Gasteiger partial charge in [-0.3, -0.25) is 4.98 Å². The van der Waals surface area contributed by atoms with Crippen molar-refractivity contribution in [3.05, 3.63) is 59.9 Å². The first-order valence-electron chi connectivity index (χ1n) is 4.94. The molecule has 2 heteroatoms. The molecule has 1 aromatic heterocycles. The van der Waals surface area contributed by atoms with E-state index in [1.54, 1.807) is 6.20 Å². The third kappa shape index (κ3) is 2.56. The first kappa shape index (κ1) is 9.71. The summed E-state index contributed by atoms with van der Waals surface area (Å²) in [5.74, 6) is 0.890. The Morgan fingerprint density at radius 3 is 2.60 bits per heavy atom. The van der Waals surface area contributed by atoms with E-state index in [1.165, 1.54) is 0 Å². The lowest BCUT2D eigenvalue weighted by atomic mass is 10.2. The maximum Gasteiger partial charge on any atom is 0.119 e. The second-order valence-corrected chi connectivity index (χ2v) is 3.35. The van der Waals surface area contributed by atoms with Gasteiger partial charge in [0.2, 0.25) is 0 Å². The molecule has 0 unspecified atom stereocenters. The summed E-state index contributed by atoms with van der Waals surface area (Å²) in [6.07, 6.45) is 1.79. The average molecular weight is 199 g/mol. The number of benzene rings is 1. The molecule has 15 heavy (non-hydrogen) atoms. The Morgan fingerprint density at radius 1 is 1.07 bits per heavy atom. The quantitative estimate of drug-likeness (QED) is 0.758. The van der Waals surface area contributed by atoms with Gasteiger partial charge in [-0.05, 0) is 25.1 Å². The molecular formula is C13H13NO. The van der Waals surface area contributed by atoms with Gasteiger partial charge in [-0.1, -0.05) is 24.3 Å². The average Bonchev–Trinajstić information content (AvgIpc) is 2.29. The SMILES string of the molecule is Cc1ncccc1COc1ccccc1. The molecule has 0 atom stereocenters. The number of hydrogen-bond acceptors (Lipinski definition) is 2. The van der Waals surface area contributed by atoms with Crippen molar-refractivity contribution in [3.63, 3.8) is 0 Å². The Balaban J connectivity index is 2.03. The zero-order chi connectivity index (χ0) is 10.5. The summed E-state index contributed by atoms with van der Waals surface area (Å²) in [5.41, 5.74) is 2.15. The zero-order valence-electron chi connectivity index (χ0n) is 8.68. The lowest BCUT2D eigenvalue weighted by Crippen LogP contribution is -1.98. The summed E-state index contributed by atoms with van der Waals surface area (Å²) in [6.45, 7) is 2.56. The second-order valence-electron chi connectivity index (χ2n) is 3.35. The maximum absolute atomic E-state index is 5.63. The minimum Gasteiger partial charge on any atom is -0.489 e. The van der Waals surface area contributed by atoms with Crippen molar-refractivity contribution in [3.8, 4) is 5.75 Å². The molecule has 0 saturated carbocycles. The summed E-state index contributed by atoms with van der Waals surface area (Å²) in [4.78, 5) is 4.21. The van der Waals surface area contributed by atoms with Crippen molar-refractivity contribution in [2.45, 2.75) is 13.5 Å². The fraction of sp³-hybridized carbons (Fsp3) is 0.154. The monoisotopic (exact) mass is 199 g/mol. The number of hydrogen-bond donors (Lipinski definition) is 0. The molecule has 0 aliphatic carbocycles. The largest absolute Gasteiger partial charge is 0.489 e. The summed E-state index contributed by atoms with van der Waals surface area (Å²) in [6, 6.07) is 13.8. The van der Waals surface area contributed by atoms with Gasteiger partial charge < -0.3 is 4.74 Å². The third-order valence-corrected chi connectivity index (χ3v) is 2.25. The standard InChI is InChI=1S/C13H13NO/c1-11-12(6-5-9-14-11)10-15-13-7-3-2-4-8-13/h2-9H,10H2,1H3. The number of aryl methyl sites for hydroxylation is 1. The van der Waals surface area contributed by atoms with Crippen LogP contribution in [-0.2, 0) is 6.61 Å². The Hall–Kier alpha value is -1.83. The molecule has 0 amide bonds. The molecule has 2 rings (SSSR count). The normalized spacial score (nSPS) is 9.93. The topological polar surface area (TPSA) is 22.1 Å². The third-order valence-electron chi connectivity index (χ3n) is 2.25. The minimum atomic E-state index is 0.573. The van der Waals surface area contributed by atoms with Gasteiger partial charge in [-0.15, -0.1) is 0 Å². The molecule has 0 fully saturated rings. The summed E-state index contributed by atoms with van der Waals surface area (Å²) >= 11 is 0. The lowest BCUT2D eigenvalue weighted by Gasteiger charge is -2.07. The number of pyridine rings is 1. The van der Waals surface area contributed by atoms with E-state index in [-0.39, 0.29) is 0 Å². The van der Waals surface area contributed by atoms with Crippen molar-refractivity contribution in [1.82, 2.24) is 4.98 Å². The van der Waals surface area contributed by atoms with Gasteiger partial charge in [0, 0.05) is 17.5 Å². The highest BCUT2D eigenvalue weighted by atomic mass is 16.5. The highest BCUT2D eigenvalue weighted by molar-refractivity contribution is 5.23. The van der Waals surface area contributed by atoms with E-state index in [1.807, 2.05) is 49.4 Å². The molecule has 0 N–H and O–H groups in total. The van der Waals surface area contributed by atoms with Crippen LogP contribution in [0.2, 0.25) is 0 Å². The number of rotatable bonds is 3. The molecule has 2 nitrogen and oxygen atoms in total. The predicted octanol–water partition coefficient (Wildman–Crippen LogP) is 2.97. The van der Waals surface area contributed by atoms with Crippen LogP contribution in [0.4, 0.5) is 0 Å². The van der Waals surface area contributed by atoms with Gasteiger partial charge in [0.05, 0.1) is 0 Å². The maximum atomic E-state index is 5.63. The molecule has 0 aliphatic heterocycles. The smallest absolute Gasteiger partial charge is 0.119 e. The van der Waals surface area contributed by atoms with Crippen molar-refractivity contribution in [2.24, 2.45) is 0 Å². The van der Waals surface area contributed by atoms with Crippen LogP contribution in [-0.4, -0.2) is 4.98 Å². The second kappa shape index (κ2) is 4.60. The Morgan fingerprint density at radius 2 is 1.87 bits per heavy atom. The lowest BCUT2D eigenvalue weighted by molar-refractivity contribution is 0.305. The van der Waals surface area contributed by atoms with Crippen LogP contribution in [0.3, 0.4) is 0 Å². The van der Waals surface area contributed by atoms with E-state index >= 15 is 0 Å². The van der Waals surface area contributed by atoms with Gasteiger partial charge in [0.15, 0.2) is 0 Å². The molecule has 0 saturated heterocycles. The zero-order valence-corrected chi connectivity index (χ0v) is 8.68. The van der Waals surface area contributed by atoms with Crippen LogP contribution in [0.1, 0.15) is 11.3 Å². The van der Waals surface area contributed by atoms with E-state index in [0.717, 1.165) is 17.0 Å². The van der Waals surface area contributed by atoms with Gasteiger partial charge in [0.1, 0.15) is 12.4 Å². The molecule has 2 aromatic rings. The van der Waals surface area contributed by atoms with Crippen molar-refractivity contribution >= 4 is 0 Å². The van der Waals surface area contributed by atoms with Crippen LogP contribution in [0.15, 0.2) is 48.7 Å². The fourth-order valence-corrected chi connectivity index (χ4v) is 1.35. The Kier molecular flexibility index (Phi) is 2.98. The first-order valence-corrected chi connectivity index (χ1v) is 4.94. The van der Waals surface area contributed by atoms with Crippen LogP contribution < -0.4 is 4.74 Å². The molecule has 0 radical (unpaired) electrons. The molecule has 76 valence electrons. The summed E-state index contributed by atoms with van der Waals surface area (Å²) < 4.78 is 5.63. The van der Waals surface area contributed by atoms with Crippen molar-refractivity contribution in [1.29, 1.82) is 0 Å². The van der Waals surface area contributed by atoms with Crippen LogP contribution in [0.5, 0.6) is 5.75 Å². The molecule has 1 aromatic carbocycles. The number of ether oxygens (including phenoxy) is 1. The van der Waals surface area contributed by atoms with E-state index < -0.39 is 0 Å². The Bertz CT molecular complexity index is 426. The first-order chi connectivity index (χ1) is 7.36. The van der Waals surface area contributed by atoms with E-state index in [0.29, 0.717) is 6.61 Å². The van der Waals surface area contributed by atoms with E-state index in [2.05, 4.69) is 4.98 Å². The molecule has 1 heterocycles. The van der Waals surface area contributed by atoms with E-state index in [4.69, 9.17) is 4.74 Å². The van der Waals surface area contributed by atoms with Gasteiger partial charge in [-0.2, -0.15) is 0 Å². The predicted molar refractivity (Wildman–Crippen MR) is 59.7 cm³/mol. The number of para-hydroxylation sites is 1. The molecule has 0 bridgehead atoms. The van der Waals surface area contributed by atoms with Crippen LogP contribution in [0.25, 0.3) is 0 Å². The molecule has 0 spiro atoms. The summed E-state index contributed by atoms with van der Waals surface area (Å²) in [7, 11) is 0. The number of aromatic nitrogens is 1.